The number of nitrogens with one attached hydrogen (secondary N) is 1. The van der Waals surface area contributed by atoms with Gasteiger partial charge >= 0.3 is 5.97 Å². The Bertz CT molecular complexity index is 1380. The number of anilines is 2. The van der Waals surface area contributed by atoms with Gasteiger partial charge in [0.05, 0.1) is 16.3 Å². The maximum absolute atomic E-state index is 12.8. The van der Waals surface area contributed by atoms with Crippen LogP contribution in [-0.2, 0) is 24.3 Å². The molecule has 4 rings (SSSR count). The summed E-state index contributed by atoms with van der Waals surface area (Å²) in [5.74, 6) is -1.08. The van der Waals surface area contributed by atoms with E-state index < -0.39 is 34.4 Å². The molecule has 0 saturated carbocycles. The Morgan fingerprint density at radius 2 is 1.68 bits per heavy atom. The molecule has 0 aromatic heterocycles. The summed E-state index contributed by atoms with van der Waals surface area (Å²) in [4.78, 5) is 32.9. The van der Waals surface area contributed by atoms with Crippen LogP contribution in [0.2, 0.25) is 0 Å². The van der Waals surface area contributed by atoms with Gasteiger partial charge in [0.25, 0.3) is 10.0 Å². The molecule has 2 aromatic carbocycles. The number of rotatable bonds is 5. The molecule has 1 atom stereocenters. The van der Waals surface area contributed by atoms with Crippen LogP contribution in [0.4, 0.5) is 11.4 Å². The highest BCUT2D eigenvalue weighted by Gasteiger charge is 2.33. The van der Waals surface area contributed by atoms with E-state index in [1.807, 2.05) is 30.3 Å². The van der Waals surface area contributed by atoms with Crippen LogP contribution < -0.4 is 14.5 Å². The van der Waals surface area contributed by atoms with Crippen molar-refractivity contribution in [1.29, 1.82) is 5.26 Å². The molecule has 1 N–H and O–H groups in total. The number of para-hydroxylation sites is 2. The van der Waals surface area contributed by atoms with Gasteiger partial charge in [0.15, 0.2) is 6.61 Å². The van der Waals surface area contributed by atoms with Crippen molar-refractivity contribution in [2.24, 2.45) is 4.99 Å². The van der Waals surface area contributed by atoms with E-state index >= 15 is 0 Å². The minimum Gasteiger partial charge on any atom is -0.456 e. The highest BCUT2D eigenvalue weighted by molar-refractivity contribution is 7.90. The topological polar surface area (TPSA) is 132 Å². The molecule has 2 aliphatic heterocycles. The van der Waals surface area contributed by atoms with Crippen molar-refractivity contribution in [1.82, 2.24) is 4.72 Å². The largest absolute Gasteiger partial charge is 0.456 e. The van der Waals surface area contributed by atoms with E-state index in [0.29, 0.717) is 11.4 Å². The standard InChI is InChI=1S/C23H21N5O5S/c1-14(25-21-15-8-4-7-11-20(15)34(31,32)26-21)23(30)33-13-19(29)16(12-24)22-27(2)17-9-5-6-10-18(17)28(22)3/h4-11,14H,13H2,1-3H3,(H,25,26)/t14-/m1/s1. The molecule has 0 spiro atoms. The quantitative estimate of drug-likeness (QED) is 0.388. The van der Waals surface area contributed by atoms with Crippen LogP contribution >= 0.6 is 0 Å². The van der Waals surface area contributed by atoms with Crippen molar-refractivity contribution in [3.8, 4) is 6.07 Å². The minimum atomic E-state index is -3.75. The predicted octanol–water partition coefficient (Wildman–Crippen LogP) is 1.55. The third kappa shape index (κ3) is 3.88. The molecular formula is C23H21N5O5S. The first-order valence-electron chi connectivity index (χ1n) is 10.3. The average molecular weight is 480 g/mol. The normalized spacial score (nSPS) is 17.5. The van der Waals surface area contributed by atoms with E-state index in [2.05, 4.69) is 9.71 Å². The van der Waals surface area contributed by atoms with Crippen molar-refractivity contribution in [3.05, 3.63) is 65.5 Å². The smallest absolute Gasteiger partial charge is 0.331 e. The first-order chi connectivity index (χ1) is 16.2. The van der Waals surface area contributed by atoms with Crippen LogP contribution in [0.25, 0.3) is 0 Å². The van der Waals surface area contributed by atoms with E-state index in [0.717, 1.165) is 11.4 Å². The molecule has 2 heterocycles. The lowest BCUT2D eigenvalue weighted by Crippen LogP contribution is -2.30. The molecule has 0 fully saturated rings. The van der Waals surface area contributed by atoms with Gasteiger partial charge in [0.2, 0.25) is 5.78 Å². The second-order valence-corrected chi connectivity index (χ2v) is 9.35. The molecule has 2 aliphatic rings. The lowest BCUT2D eigenvalue weighted by atomic mass is 10.2. The third-order valence-electron chi connectivity index (χ3n) is 5.53. The Balaban J connectivity index is 1.48. The molecule has 0 bridgehead atoms. The first kappa shape index (κ1) is 23.0. The number of amidine groups is 1. The summed E-state index contributed by atoms with van der Waals surface area (Å²) in [5.41, 5.74) is 1.87. The molecule has 10 nitrogen and oxygen atoms in total. The fourth-order valence-corrected chi connectivity index (χ4v) is 5.10. The lowest BCUT2D eigenvalue weighted by molar-refractivity contribution is -0.147. The maximum atomic E-state index is 12.8. The summed E-state index contributed by atoms with van der Waals surface area (Å²) in [7, 11) is -0.261. The number of ether oxygens (including phenoxy) is 1. The molecule has 0 aliphatic carbocycles. The number of hydrogen-bond acceptors (Lipinski definition) is 9. The van der Waals surface area contributed by atoms with Gasteiger partial charge in [-0.1, -0.05) is 24.3 Å². The van der Waals surface area contributed by atoms with Crippen molar-refractivity contribution in [2.75, 3.05) is 30.5 Å². The number of sulfonamides is 1. The Morgan fingerprint density at radius 3 is 2.29 bits per heavy atom. The van der Waals surface area contributed by atoms with Crippen LogP contribution in [0.1, 0.15) is 12.5 Å². The number of carbonyl (C=O) groups is 2. The molecule has 0 radical (unpaired) electrons. The van der Waals surface area contributed by atoms with Gasteiger partial charge in [-0.3, -0.25) is 14.5 Å². The molecule has 0 saturated heterocycles. The van der Waals surface area contributed by atoms with Crippen LogP contribution in [-0.4, -0.2) is 52.8 Å². The van der Waals surface area contributed by atoms with E-state index in [1.165, 1.54) is 13.0 Å². The van der Waals surface area contributed by atoms with Crippen molar-refractivity contribution >= 4 is 39.0 Å². The number of benzene rings is 2. The molecule has 11 heteroatoms. The first-order valence-corrected chi connectivity index (χ1v) is 11.7. The zero-order chi connectivity index (χ0) is 24.6. The Morgan fingerprint density at radius 1 is 1.09 bits per heavy atom. The summed E-state index contributed by atoms with van der Waals surface area (Å²) in [5, 5.41) is 9.67. The second-order valence-electron chi connectivity index (χ2n) is 7.70. The van der Waals surface area contributed by atoms with E-state index in [9.17, 15) is 23.3 Å². The SMILES string of the molecule is C[C@@H](N=C1NS(=O)(=O)c2ccccc21)C(=O)OCC(=O)C(C#N)=C1N(C)c2ccccc2N1C. The van der Waals surface area contributed by atoms with Crippen molar-refractivity contribution in [2.45, 2.75) is 17.9 Å². The molecular weight excluding hydrogens is 458 g/mol. The summed E-state index contributed by atoms with van der Waals surface area (Å²) in [6.07, 6.45) is 0. The summed E-state index contributed by atoms with van der Waals surface area (Å²) in [6, 6.07) is 14.5. The number of nitrogens with zero attached hydrogens (tertiary/aromatic N) is 4. The van der Waals surface area contributed by atoms with Gasteiger partial charge in [-0.15, -0.1) is 0 Å². The zero-order valence-electron chi connectivity index (χ0n) is 18.6. The van der Waals surface area contributed by atoms with E-state index in [-0.39, 0.29) is 16.3 Å². The van der Waals surface area contributed by atoms with Gasteiger partial charge in [0.1, 0.15) is 29.3 Å². The van der Waals surface area contributed by atoms with Crippen LogP contribution in [0.15, 0.2) is 69.8 Å². The summed E-state index contributed by atoms with van der Waals surface area (Å²) < 4.78 is 31.8. The number of ketones is 1. The Kier molecular flexibility index (Phi) is 5.85. The average Bonchev–Trinajstić information content (AvgIpc) is 3.23. The molecule has 2 aromatic rings. The molecule has 0 unspecified atom stereocenters. The third-order valence-corrected chi connectivity index (χ3v) is 6.92. The monoisotopic (exact) mass is 479 g/mol. The van der Waals surface area contributed by atoms with Gasteiger partial charge in [-0.2, -0.15) is 5.26 Å². The highest BCUT2D eigenvalue weighted by Crippen LogP contribution is 2.40. The number of aliphatic imine (C=N–C) groups is 1. The second kappa shape index (κ2) is 8.64. The summed E-state index contributed by atoms with van der Waals surface area (Å²) in [6.45, 7) is 0.772. The molecule has 34 heavy (non-hydrogen) atoms. The lowest BCUT2D eigenvalue weighted by Gasteiger charge is -2.20. The van der Waals surface area contributed by atoms with E-state index in [1.54, 1.807) is 42.1 Å². The number of hydrogen-bond donors (Lipinski definition) is 1. The number of carbonyl (C=O) groups excluding carboxylic acids is 2. The zero-order valence-corrected chi connectivity index (χ0v) is 19.5. The Hall–Kier alpha value is -4.17. The molecule has 0 amide bonds. The van der Waals surface area contributed by atoms with Crippen LogP contribution in [0, 0.1) is 11.3 Å². The van der Waals surface area contributed by atoms with Crippen molar-refractivity contribution < 1.29 is 22.7 Å². The van der Waals surface area contributed by atoms with Crippen LogP contribution in [0.3, 0.4) is 0 Å². The summed E-state index contributed by atoms with van der Waals surface area (Å²) >= 11 is 0. The predicted molar refractivity (Wildman–Crippen MR) is 125 cm³/mol. The van der Waals surface area contributed by atoms with Gasteiger partial charge in [0, 0.05) is 19.7 Å². The highest BCUT2D eigenvalue weighted by atomic mass is 32.2. The number of Topliss-reactive ketones (excluding diaryl/α,β-unsaturated/α-hetero) is 1. The number of nitriles is 1. The minimum absolute atomic E-state index is 0.0261. The fraction of sp³-hybridized carbons (Fsp3) is 0.217. The van der Waals surface area contributed by atoms with Gasteiger partial charge in [-0.25, -0.2) is 13.2 Å². The molecule has 174 valence electrons. The Labute approximate surface area is 196 Å². The fourth-order valence-electron chi connectivity index (χ4n) is 3.86. The number of esters is 1. The number of fused-ring (bicyclic) bond motifs is 2. The van der Waals surface area contributed by atoms with Crippen LogP contribution in [0.5, 0.6) is 0 Å². The van der Waals surface area contributed by atoms with Crippen molar-refractivity contribution in [3.63, 3.8) is 0 Å². The maximum Gasteiger partial charge on any atom is 0.331 e. The van der Waals surface area contributed by atoms with E-state index in [4.69, 9.17) is 4.74 Å². The van der Waals surface area contributed by atoms with Gasteiger partial charge in [-0.05, 0) is 31.2 Å². The van der Waals surface area contributed by atoms with Gasteiger partial charge < -0.3 is 14.5 Å².